The Labute approximate surface area is 169 Å². The zero-order valence-corrected chi connectivity index (χ0v) is 17.9. The van der Waals surface area contributed by atoms with E-state index in [-0.39, 0.29) is 24.0 Å². The number of aromatic nitrogens is 1. The van der Waals surface area contributed by atoms with Crippen LogP contribution in [-0.4, -0.2) is 43.8 Å². The van der Waals surface area contributed by atoms with Crippen LogP contribution in [0.2, 0.25) is 0 Å². The fourth-order valence-electron chi connectivity index (χ4n) is 3.00. The number of pyridine rings is 1. The van der Waals surface area contributed by atoms with Crippen molar-refractivity contribution in [1.82, 2.24) is 15.6 Å². The SMILES string of the molecule is CN=C(NCCOC1CCCCCC1)NCCc1ccc(C)nc1.I. The second kappa shape index (κ2) is 13.3. The van der Waals surface area contributed by atoms with E-state index in [0.717, 1.165) is 37.8 Å². The number of rotatable bonds is 7. The van der Waals surface area contributed by atoms with Gasteiger partial charge in [-0.1, -0.05) is 31.7 Å². The molecule has 0 amide bonds. The van der Waals surface area contributed by atoms with Crippen molar-refractivity contribution in [2.24, 2.45) is 4.99 Å². The van der Waals surface area contributed by atoms with Gasteiger partial charge in [-0.15, -0.1) is 24.0 Å². The molecule has 0 aliphatic heterocycles. The van der Waals surface area contributed by atoms with Crippen LogP contribution >= 0.6 is 24.0 Å². The number of aryl methyl sites for hydroxylation is 1. The van der Waals surface area contributed by atoms with Crippen molar-refractivity contribution < 1.29 is 4.74 Å². The molecule has 25 heavy (non-hydrogen) atoms. The van der Waals surface area contributed by atoms with Gasteiger partial charge in [-0.3, -0.25) is 9.98 Å². The monoisotopic (exact) mass is 460 g/mol. The van der Waals surface area contributed by atoms with Crippen molar-refractivity contribution in [3.8, 4) is 0 Å². The van der Waals surface area contributed by atoms with Crippen LogP contribution in [-0.2, 0) is 11.2 Å². The van der Waals surface area contributed by atoms with Gasteiger partial charge in [-0.25, -0.2) is 0 Å². The lowest BCUT2D eigenvalue weighted by molar-refractivity contribution is 0.0468. The molecule has 1 aliphatic rings. The molecular weight excluding hydrogens is 427 g/mol. The van der Waals surface area contributed by atoms with E-state index < -0.39 is 0 Å². The Balaban J connectivity index is 0.00000312. The summed E-state index contributed by atoms with van der Waals surface area (Å²) in [5.74, 6) is 0.833. The summed E-state index contributed by atoms with van der Waals surface area (Å²) in [6.45, 7) is 4.38. The van der Waals surface area contributed by atoms with Gasteiger partial charge < -0.3 is 15.4 Å². The Hall–Kier alpha value is -0.890. The maximum absolute atomic E-state index is 5.99. The molecule has 2 rings (SSSR count). The second-order valence-electron chi connectivity index (χ2n) is 6.47. The van der Waals surface area contributed by atoms with Gasteiger partial charge in [0.15, 0.2) is 5.96 Å². The fraction of sp³-hybridized carbons (Fsp3) is 0.684. The van der Waals surface area contributed by atoms with Gasteiger partial charge >= 0.3 is 0 Å². The minimum Gasteiger partial charge on any atom is -0.376 e. The highest BCUT2D eigenvalue weighted by atomic mass is 127. The van der Waals surface area contributed by atoms with Crippen LogP contribution in [0.5, 0.6) is 0 Å². The summed E-state index contributed by atoms with van der Waals surface area (Å²) in [7, 11) is 1.80. The molecule has 1 aromatic heterocycles. The molecule has 1 heterocycles. The molecule has 1 saturated carbocycles. The van der Waals surface area contributed by atoms with Crippen molar-refractivity contribution in [3.05, 3.63) is 29.6 Å². The Bertz CT molecular complexity index is 485. The summed E-state index contributed by atoms with van der Waals surface area (Å²) in [6.07, 6.45) is 11.1. The molecule has 0 saturated heterocycles. The van der Waals surface area contributed by atoms with E-state index in [1.807, 2.05) is 19.2 Å². The Morgan fingerprint density at radius 1 is 1.16 bits per heavy atom. The highest BCUT2D eigenvalue weighted by Gasteiger charge is 2.12. The van der Waals surface area contributed by atoms with E-state index in [0.29, 0.717) is 6.10 Å². The molecular formula is C19H33IN4O. The lowest BCUT2D eigenvalue weighted by atomic mass is 10.1. The smallest absolute Gasteiger partial charge is 0.191 e. The molecule has 5 nitrogen and oxygen atoms in total. The predicted molar refractivity (Wildman–Crippen MR) is 115 cm³/mol. The molecule has 0 radical (unpaired) electrons. The van der Waals surface area contributed by atoms with Crippen LogP contribution in [0.3, 0.4) is 0 Å². The summed E-state index contributed by atoms with van der Waals surface area (Å²) in [6, 6.07) is 4.17. The molecule has 0 bridgehead atoms. The number of ether oxygens (including phenoxy) is 1. The molecule has 1 aromatic rings. The molecule has 2 N–H and O–H groups in total. The minimum atomic E-state index is 0. The van der Waals surface area contributed by atoms with E-state index in [1.165, 1.54) is 44.1 Å². The zero-order chi connectivity index (χ0) is 17.0. The number of nitrogens with one attached hydrogen (secondary N) is 2. The number of hydrogen-bond donors (Lipinski definition) is 2. The van der Waals surface area contributed by atoms with Crippen LogP contribution in [0.1, 0.15) is 49.8 Å². The van der Waals surface area contributed by atoms with Gasteiger partial charge in [0.25, 0.3) is 0 Å². The molecule has 6 heteroatoms. The van der Waals surface area contributed by atoms with Crippen molar-refractivity contribution in [3.63, 3.8) is 0 Å². The van der Waals surface area contributed by atoms with Crippen LogP contribution in [0.4, 0.5) is 0 Å². The van der Waals surface area contributed by atoms with Gasteiger partial charge in [-0.2, -0.15) is 0 Å². The number of nitrogens with zero attached hydrogens (tertiary/aromatic N) is 2. The van der Waals surface area contributed by atoms with Crippen molar-refractivity contribution in [2.45, 2.75) is 58.0 Å². The molecule has 142 valence electrons. The lowest BCUT2D eigenvalue weighted by Crippen LogP contribution is -2.40. The minimum absolute atomic E-state index is 0. The highest BCUT2D eigenvalue weighted by Crippen LogP contribution is 2.19. The first kappa shape index (κ1) is 22.2. The molecule has 1 fully saturated rings. The summed E-state index contributed by atoms with van der Waals surface area (Å²) < 4.78 is 5.99. The first-order valence-electron chi connectivity index (χ1n) is 9.25. The van der Waals surface area contributed by atoms with E-state index in [1.54, 1.807) is 7.05 Å². The molecule has 0 unspecified atom stereocenters. The van der Waals surface area contributed by atoms with E-state index in [4.69, 9.17) is 4.74 Å². The molecule has 0 atom stereocenters. The van der Waals surface area contributed by atoms with E-state index in [9.17, 15) is 0 Å². The van der Waals surface area contributed by atoms with E-state index in [2.05, 4.69) is 26.7 Å². The van der Waals surface area contributed by atoms with Gasteiger partial charge in [-0.05, 0) is 37.8 Å². The van der Waals surface area contributed by atoms with Gasteiger partial charge in [0, 0.05) is 32.0 Å². The number of halogens is 1. The fourth-order valence-corrected chi connectivity index (χ4v) is 3.00. The average molecular weight is 460 g/mol. The third-order valence-electron chi connectivity index (χ3n) is 4.45. The maximum Gasteiger partial charge on any atom is 0.191 e. The quantitative estimate of drug-likeness (QED) is 0.215. The van der Waals surface area contributed by atoms with Crippen molar-refractivity contribution >= 4 is 29.9 Å². The topological polar surface area (TPSA) is 58.5 Å². The summed E-state index contributed by atoms with van der Waals surface area (Å²) in [5.41, 5.74) is 2.29. The molecule has 1 aliphatic carbocycles. The van der Waals surface area contributed by atoms with Crippen LogP contribution in [0.25, 0.3) is 0 Å². The Morgan fingerprint density at radius 2 is 1.88 bits per heavy atom. The second-order valence-corrected chi connectivity index (χ2v) is 6.47. The van der Waals surface area contributed by atoms with Crippen molar-refractivity contribution in [1.29, 1.82) is 0 Å². The predicted octanol–water partition coefficient (Wildman–Crippen LogP) is 3.45. The summed E-state index contributed by atoms with van der Waals surface area (Å²) in [4.78, 5) is 8.57. The van der Waals surface area contributed by atoms with Crippen LogP contribution < -0.4 is 10.6 Å². The third-order valence-corrected chi connectivity index (χ3v) is 4.45. The maximum atomic E-state index is 5.99. The zero-order valence-electron chi connectivity index (χ0n) is 15.6. The first-order chi connectivity index (χ1) is 11.8. The van der Waals surface area contributed by atoms with Crippen LogP contribution in [0, 0.1) is 6.92 Å². The highest BCUT2D eigenvalue weighted by molar-refractivity contribution is 14.0. The Kier molecular flexibility index (Phi) is 11.8. The average Bonchev–Trinajstić information content (AvgIpc) is 2.87. The van der Waals surface area contributed by atoms with Crippen molar-refractivity contribution in [2.75, 3.05) is 26.7 Å². The van der Waals surface area contributed by atoms with E-state index >= 15 is 0 Å². The molecule has 0 spiro atoms. The standard InChI is InChI=1S/C19H32N4O.HI/c1-16-9-10-17(15-23-16)11-12-21-19(20-2)22-13-14-24-18-7-5-3-4-6-8-18;/h9-10,15,18H,3-8,11-14H2,1-2H3,(H2,20,21,22);1H. The third kappa shape index (κ3) is 9.39. The van der Waals surface area contributed by atoms with Gasteiger partial charge in [0.1, 0.15) is 0 Å². The first-order valence-corrected chi connectivity index (χ1v) is 9.25. The lowest BCUT2D eigenvalue weighted by Gasteiger charge is -2.16. The largest absolute Gasteiger partial charge is 0.376 e. The van der Waals surface area contributed by atoms with Crippen LogP contribution in [0.15, 0.2) is 23.3 Å². The number of aliphatic imine (C=N–C) groups is 1. The number of guanidine groups is 1. The number of hydrogen-bond acceptors (Lipinski definition) is 3. The Morgan fingerprint density at radius 3 is 2.52 bits per heavy atom. The van der Waals surface area contributed by atoms with Gasteiger partial charge in [0.2, 0.25) is 0 Å². The summed E-state index contributed by atoms with van der Waals surface area (Å²) in [5, 5.41) is 6.65. The molecule has 0 aromatic carbocycles. The summed E-state index contributed by atoms with van der Waals surface area (Å²) >= 11 is 0. The van der Waals surface area contributed by atoms with Gasteiger partial charge in [0.05, 0.1) is 12.7 Å². The normalized spacial score (nSPS) is 16.0.